The van der Waals surface area contributed by atoms with Gasteiger partial charge in [0.15, 0.2) is 10.8 Å². The largest absolute Gasteiger partial charge is 0.497 e. The lowest BCUT2D eigenvalue weighted by Crippen LogP contribution is -2.45. The number of hydrogen-bond acceptors (Lipinski definition) is 6. The van der Waals surface area contributed by atoms with E-state index in [1.54, 1.807) is 18.4 Å². The van der Waals surface area contributed by atoms with Crippen LogP contribution in [0.2, 0.25) is 0 Å². The summed E-state index contributed by atoms with van der Waals surface area (Å²) in [6.45, 7) is 7.81. The zero-order valence-corrected chi connectivity index (χ0v) is 18.8. The molecular weight excluding hydrogens is 398 g/mol. The molecule has 2 atom stereocenters. The molecule has 30 heavy (non-hydrogen) atoms. The average molecular weight is 428 g/mol. The van der Waals surface area contributed by atoms with Crippen LogP contribution in [0.15, 0.2) is 24.3 Å². The molecule has 8 heteroatoms. The van der Waals surface area contributed by atoms with Crippen LogP contribution in [-0.4, -0.2) is 46.9 Å². The molecule has 1 fully saturated rings. The van der Waals surface area contributed by atoms with Crippen LogP contribution in [0.3, 0.4) is 0 Å². The van der Waals surface area contributed by atoms with Gasteiger partial charge in [0.2, 0.25) is 5.91 Å². The van der Waals surface area contributed by atoms with Crippen LogP contribution in [0.1, 0.15) is 38.8 Å². The Kier molecular flexibility index (Phi) is 5.94. The number of carbonyl (C=O) groups is 1. The van der Waals surface area contributed by atoms with Gasteiger partial charge in [-0.25, -0.2) is 4.68 Å². The molecule has 4 rings (SSSR count). The molecule has 1 aliphatic heterocycles. The highest BCUT2D eigenvalue weighted by Crippen LogP contribution is 2.34. The summed E-state index contributed by atoms with van der Waals surface area (Å²) < 4.78 is 8.24. The van der Waals surface area contributed by atoms with Gasteiger partial charge in [-0.3, -0.25) is 4.79 Å². The Morgan fingerprint density at radius 3 is 2.83 bits per heavy atom. The quantitative estimate of drug-likeness (QED) is 0.645. The van der Waals surface area contributed by atoms with Gasteiger partial charge in [0.05, 0.1) is 29.1 Å². The van der Waals surface area contributed by atoms with E-state index in [1.165, 1.54) is 0 Å². The number of anilines is 1. The van der Waals surface area contributed by atoms with E-state index in [0.717, 1.165) is 58.4 Å². The number of nitrogens with one attached hydrogen (secondary N) is 1. The molecule has 1 aromatic carbocycles. The highest BCUT2D eigenvalue weighted by atomic mass is 32.1. The number of methoxy groups -OCH3 is 1. The van der Waals surface area contributed by atoms with Crippen LogP contribution in [-0.2, 0) is 4.79 Å². The molecule has 0 saturated carbocycles. The number of aryl methyl sites for hydroxylation is 1. The van der Waals surface area contributed by atoms with Gasteiger partial charge >= 0.3 is 0 Å². The van der Waals surface area contributed by atoms with Crippen molar-refractivity contribution in [1.82, 2.24) is 20.1 Å². The molecule has 0 radical (unpaired) electrons. The molecule has 0 spiro atoms. The molecule has 0 bridgehead atoms. The van der Waals surface area contributed by atoms with Crippen LogP contribution >= 0.6 is 11.3 Å². The first-order valence-corrected chi connectivity index (χ1v) is 11.4. The molecule has 3 heterocycles. The second-order valence-corrected chi connectivity index (χ2v) is 8.92. The molecule has 1 amide bonds. The van der Waals surface area contributed by atoms with Gasteiger partial charge < -0.3 is 15.0 Å². The summed E-state index contributed by atoms with van der Waals surface area (Å²) >= 11 is 1.66. The normalized spacial score (nSPS) is 17.9. The van der Waals surface area contributed by atoms with E-state index in [0.29, 0.717) is 6.54 Å². The predicted octanol–water partition coefficient (Wildman–Crippen LogP) is 3.93. The number of nitrogens with zero attached hydrogens (tertiary/aromatic N) is 4. The third kappa shape index (κ3) is 4.01. The Hall–Kier alpha value is -2.61. The first kappa shape index (κ1) is 20.7. The van der Waals surface area contributed by atoms with Crippen molar-refractivity contribution in [2.24, 2.45) is 5.92 Å². The van der Waals surface area contributed by atoms with Crippen LogP contribution < -0.4 is 15.0 Å². The minimum absolute atomic E-state index is 0.0129. The molecule has 3 aromatic rings. The zero-order chi connectivity index (χ0) is 21.3. The second-order valence-electron chi connectivity index (χ2n) is 7.95. The maximum atomic E-state index is 12.6. The number of fused-ring (bicyclic) bond motifs is 1. The van der Waals surface area contributed by atoms with Gasteiger partial charge in [-0.2, -0.15) is 10.1 Å². The summed E-state index contributed by atoms with van der Waals surface area (Å²) in [5.41, 5.74) is 2.78. The standard InChI is InChI=1S/C22H29N5O2S/c1-5-14(2)23-21(28)16-7-6-12-26(13-16)22-24-20-19(30-22)15(3)25-27(20)17-8-10-18(29-4)11-9-17/h8-11,14,16H,5-7,12-13H2,1-4H3,(H,23,28)/t14-,16+/m1/s1. The highest BCUT2D eigenvalue weighted by Gasteiger charge is 2.28. The minimum Gasteiger partial charge on any atom is -0.497 e. The number of ether oxygens (including phenoxy) is 1. The van der Waals surface area contributed by atoms with Crippen molar-refractivity contribution >= 4 is 32.7 Å². The van der Waals surface area contributed by atoms with E-state index in [2.05, 4.69) is 29.2 Å². The SMILES string of the molecule is CC[C@@H](C)NC(=O)[C@H]1CCCN(c2nc3c(s2)c(C)nn3-c2ccc(OC)cc2)C1. The fourth-order valence-corrected chi connectivity index (χ4v) is 4.81. The average Bonchev–Trinajstić information content (AvgIpc) is 3.34. The number of carbonyl (C=O) groups excluding carboxylic acids is 1. The Morgan fingerprint density at radius 1 is 1.37 bits per heavy atom. The summed E-state index contributed by atoms with van der Waals surface area (Å²) in [5, 5.41) is 8.79. The molecule has 160 valence electrons. The molecular formula is C22H29N5O2S. The summed E-state index contributed by atoms with van der Waals surface area (Å²) in [4.78, 5) is 19.8. The fraction of sp³-hybridized carbons (Fsp3) is 0.500. The van der Waals surface area contributed by atoms with E-state index in [4.69, 9.17) is 9.72 Å². The van der Waals surface area contributed by atoms with Gasteiger partial charge in [0.1, 0.15) is 5.75 Å². The molecule has 1 N–H and O–H groups in total. The number of rotatable bonds is 6. The third-order valence-corrected chi connectivity index (χ3v) is 6.97. The van der Waals surface area contributed by atoms with E-state index in [-0.39, 0.29) is 17.9 Å². The smallest absolute Gasteiger partial charge is 0.225 e. The lowest BCUT2D eigenvalue weighted by atomic mass is 9.97. The van der Waals surface area contributed by atoms with Crippen LogP contribution in [0.4, 0.5) is 5.13 Å². The summed E-state index contributed by atoms with van der Waals surface area (Å²) in [7, 11) is 1.66. The lowest BCUT2D eigenvalue weighted by molar-refractivity contribution is -0.125. The maximum absolute atomic E-state index is 12.6. The molecule has 1 saturated heterocycles. The first-order chi connectivity index (χ1) is 14.5. The highest BCUT2D eigenvalue weighted by molar-refractivity contribution is 7.22. The number of aromatic nitrogens is 3. The van der Waals surface area contributed by atoms with E-state index in [9.17, 15) is 4.79 Å². The summed E-state index contributed by atoms with van der Waals surface area (Å²) in [6, 6.07) is 8.04. The molecule has 7 nitrogen and oxygen atoms in total. The fourth-order valence-electron chi connectivity index (χ4n) is 3.79. The van der Waals surface area contributed by atoms with Gasteiger partial charge in [-0.1, -0.05) is 18.3 Å². The second kappa shape index (κ2) is 8.63. The van der Waals surface area contributed by atoms with Crippen molar-refractivity contribution in [3.8, 4) is 11.4 Å². The summed E-state index contributed by atoms with van der Waals surface area (Å²) in [5.74, 6) is 0.988. The molecule has 0 unspecified atom stereocenters. The molecule has 1 aliphatic rings. The lowest BCUT2D eigenvalue weighted by Gasteiger charge is -2.32. The minimum atomic E-state index is 0.0129. The Balaban J connectivity index is 1.58. The van der Waals surface area contributed by atoms with Gasteiger partial charge in [0.25, 0.3) is 0 Å². The van der Waals surface area contributed by atoms with Crippen LogP contribution in [0.5, 0.6) is 5.75 Å². The Morgan fingerprint density at radius 2 is 2.13 bits per heavy atom. The van der Waals surface area contributed by atoms with Crippen molar-refractivity contribution in [1.29, 1.82) is 0 Å². The van der Waals surface area contributed by atoms with Crippen molar-refractivity contribution in [2.45, 2.75) is 46.1 Å². The van der Waals surface area contributed by atoms with Gasteiger partial charge in [-0.15, -0.1) is 0 Å². The van der Waals surface area contributed by atoms with Gasteiger partial charge in [0, 0.05) is 19.1 Å². The Bertz CT molecular complexity index is 1030. The van der Waals surface area contributed by atoms with Crippen molar-refractivity contribution in [3.63, 3.8) is 0 Å². The predicted molar refractivity (Wildman–Crippen MR) is 121 cm³/mol. The number of thiazole rings is 1. The van der Waals surface area contributed by atoms with Crippen molar-refractivity contribution < 1.29 is 9.53 Å². The van der Waals surface area contributed by atoms with E-state index < -0.39 is 0 Å². The van der Waals surface area contributed by atoms with Crippen molar-refractivity contribution in [2.75, 3.05) is 25.1 Å². The van der Waals surface area contributed by atoms with E-state index in [1.807, 2.05) is 35.9 Å². The maximum Gasteiger partial charge on any atom is 0.225 e. The Labute approximate surface area is 181 Å². The molecule has 0 aliphatic carbocycles. The first-order valence-electron chi connectivity index (χ1n) is 10.6. The monoisotopic (exact) mass is 427 g/mol. The number of hydrogen-bond donors (Lipinski definition) is 1. The number of piperidine rings is 1. The zero-order valence-electron chi connectivity index (χ0n) is 18.0. The number of amides is 1. The topological polar surface area (TPSA) is 72.3 Å². The third-order valence-electron chi connectivity index (χ3n) is 5.76. The van der Waals surface area contributed by atoms with Crippen LogP contribution in [0, 0.1) is 12.8 Å². The van der Waals surface area contributed by atoms with E-state index >= 15 is 0 Å². The number of benzene rings is 1. The van der Waals surface area contributed by atoms with Crippen LogP contribution in [0.25, 0.3) is 16.0 Å². The molecule has 2 aromatic heterocycles. The van der Waals surface area contributed by atoms with Gasteiger partial charge in [-0.05, 0) is 57.4 Å². The summed E-state index contributed by atoms with van der Waals surface area (Å²) in [6.07, 6.45) is 2.88. The van der Waals surface area contributed by atoms with Crippen molar-refractivity contribution in [3.05, 3.63) is 30.0 Å².